The van der Waals surface area contributed by atoms with Crippen molar-refractivity contribution in [2.45, 2.75) is 18.4 Å². The van der Waals surface area contributed by atoms with Crippen LogP contribution in [0, 0.1) is 6.92 Å². The minimum Gasteiger partial charge on any atom is -0.493 e. The molecule has 0 saturated carbocycles. The number of aryl methyl sites for hydroxylation is 1. The van der Waals surface area contributed by atoms with E-state index in [1.807, 2.05) is 6.92 Å². The van der Waals surface area contributed by atoms with Crippen LogP contribution in [-0.4, -0.2) is 52.5 Å². The average Bonchev–Trinajstić information content (AvgIpc) is 2.87. The highest BCUT2D eigenvalue weighted by Crippen LogP contribution is 2.34. The summed E-state index contributed by atoms with van der Waals surface area (Å²) in [5, 5.41) is 3.04. The molecule has 9 nitrogen and oxygen atoms in total. The number of esters is 1. The van der Waals surface area contributed by atoms with E-state index in [1.54, 1.807) is 36.4 Å². The number of nitrogens with zero attached hydrogens (tertiary/aromatic N) is 1. The van der Waals surface area contributed by atoms with Gasteiger partial charge in [-0.15, -0.1) is 0 Å². The number of anilines is 1. The normalized spacial score (nSPS) is 11.2. The third-order valence-corrected chi connectivity index (χ3v) is 7.47. The van der Waals surface area contributed by atoms with E-state index < -0.39 is 28.4 Å². The zero-order valence-electron chi connectivity index (χ0n) is 20.8. The summed E-state index contributed by atoms with van der Waals surface area (Å²) in [5.74, 6) is -0.895. The van der Waals surface area contributed by atoms with Gasteiger partial charge in [0.1, 0.15) is 0 Å². The molecule has 0 atom stereocenters. The van der Waals surface area contributed by atoms with E-state index in [1.165, 1.54) is 45.6 Å². The molecule has 0 heterocycles. The minimum absolute atomic E-state index is 0.0104. The Labute approximate surface area is 221 Å². The summed E-state index contributed by atoms with van der Waals surface area (Å²) in [4.78, 5) is 25.6. The fourth-order valence-electron chi connectivity index (χ4n) is 3.54. The minimum atomic E-state index is -4.08. The SMILES string of the molecule is COC(=O)c1cc(OC)c(OC)cc1NC(=O)CN(Cc1cccc(Cl)c1)S(=O)(=O)c1ccc(C)cc1. The van der Waals surface area contributed by atoms with Gasteiger partial charge in [-0.25, -0.2) is 13.2 Å². The van der Waals surface area contributed by atoms with Gasteiger partial charge in [0.25, 0.3) is 0 Å². The first kappa shape index (κ1) is 28.0. The zero-order chi connectivity index (χ0) is 27.2. The number of halogens is 1. The van der Waals surface area contributed by atoms with Gasteiger partial charge in [-0.1, -0.05) is 41.4 Å². The fraction of sp³-hybridized carbons (Fsp3) is 0.231. The van der Waals surface area contributed by atoms with Crippen molar-refractivity contribution in [1.82, 2.24) is 4.31 Å². The Hall–Kier alpha value is -3.60. The summed E-state index contributed by atoms with van der Waals surface area (Å²) < 4.78 is 43.4. The van der Waals surface area contributed by atoms with Crippen LogP contribution >= 0.6 is 11.6 Å². The van der Waals surface area contributed by atoms with Gasteiger partial charge >= 0.3 is 5.97 Å². The van der Waals surface area contributed by atoms with Crippen LogP contribution in [0.15, 0.2) is 65.6 Å². The number of amides is 1. The lowest BCUT2D eigenvalue weighted by Crippen LogP contribution is -2.37. The van der Waals surface area contributed by atoms with E-state index in [0.717, 1.165) is 9.87 Å². The van der Waals surface area contributed by atoms with Crippen molar-refractivity contribution in [2.75, 3.05) is 33.2 Å². The molecular weight excluding hydrogens is 520 g/mol. The fourth-order valence-corrected chi connectivity index (χ4v) is 5.13. The standard InChI is InChI=1S/C26H27ClN2O7S/c1-17-8-10-20(11-9-17)37(32,33)29(15-18-6-5-7-19(27)12-18)16-25(30)28-22-14-24(35-3)23(34-2)13-21(22)26(31)36-4/h5-14H,15-16H2,1-4H3,(H,28,30). The largest absolute Gasteiger partial charge is 0.493 e. The van der Waals surface area contributed by atoms with Gasteiger partial charge in [0.05, 0.1) is 44.0 Å². The quantitative estimate of drug-likeness (QED) is 0.378. The molecule has 196 valence electrons. The molecule has 0 aromatic heterocycles. The lowest BCUT2D eigenvalue weighted by atomic mass is 10.1. The predicted octanol–water partition coefficient (Wildman–Crippen LogP) is 4.28. The van der Waals surface area contributed by atoms with Crippen LogP contribution in [0.4, 0.5) is 5.69 Å². The predicted molar refractivity (Wildman–Crippen MR) is 140 cm³/mol. The monoisotopic (exact) mass is 546 g/mol. The van der Waals surface area contributed by atoms with Crippen molar-refractivity contribution < 1.29 is 32.2 Å². The van der Waals surface area contributed by atoms with Crippen LogP contribution in [-0.2, 0) is 26.1 Å². The number of sulfonamides is 1. The smallest absolute Gasteiger partial charge is 0.340 e. The number of rotatable bonds is 10. The molecule has 3 aromatic carbocycles. The maximum absolute atomic E-state index is 13.5. The van der Waals surface area contributed by atoms with Gasteiger partial charge in [0.15, 0.2) is 11.5 Å². The van der Waals surface area contributed by atoms with Crippen molar-refractivity contribution in [3.05, 3.63) is 82.4 Å². The van der Waals surface area contributed by atoms with Crippen LogP contribution in [0.25, 0.3) is 0 Å². The molecule has 0 aliphatic heterocycles. The number of ether oxygens (including phenoxy) is 3. The topological polar surface area (TPSA) is 111 Å². The summed E-state index contributed by atoms with van der Waals surface area (Å²) in [5.41, 5.74) is 1.57. The Kier molecular flexibility index (Phi) is 9.14. The molecule has 0 bridgehead atoms. The van der Waals surface area contributed by atoms with E-state index >= 15 is 0 Å². The molecule has 3 rings (SSSR count). The van der Waals surface area contributed by atoms with Crippen LogP contribution in [0.5, 0.6) is 11.5 Å². The number of carbonyl (C=O) groups is 2. The molecule has 0 fully saturated rings. The first-order valence-electron chi connectivity index (χ1n) is 11.0. The molecule has 37 heavy (non-hydrogen) atoms. The van der Waals surface area contributed by atoms with E-state index in [9.17, 15) is 18.0 Å². The Morgan fingerprint density at radius 3 is 2.19 bits per heavy atom. The van der Waals surface area contributed by atoms with Crippen molar-refractivity contribution in [3.63, 3.8) is 0 Å². The van der Waals surface area contributed by atoms with E-state index in [4.69, 9.17) is 25.8 Å². The van der Waals surface area contributed by atoms with Gasteiger partial charge < -0.3 is 19.5 Å². The van der Waals surface area contributed by atoms with E-state index in [-0.39, 0.29) is 34.2 Å². The summed E-state index contributed by atoms with van der Waals surface area (Å²) in [6, 6.07) is 15.8. The summed E-state index contributed by atoms with van der Waals surface area (Å²) >= 11 is 6.09. The van der Waals surface area contributed by atoms with Gasteiger partial charge in [-0.2, -0.15) is 4.31 Å². The van der Waals surface area contributed by atoms with Gasteiger partial charge in [0, 0.05) is 23.7 Å². The Morgan fingerprint density at radius 1 is 0.946 bits per heavy atom. The lowest BCUT2D eigenvalue weighted by Gasteiger charge is -2.23. The molecule has 1 N–H and O–H groups in total. The van der Waals surface area contributed by atoms with Crippen molar-refractivity contribution in [2.24, 2.45) is 0 Å². The van der Waals surface area contributed by atoms with Crippen LogP contribution in [0.2, 0.25) is 5.02 Å². The van der Waals surface area contributed by atoms with E-state index in [2.05, 4.69) is 5.32 Å². The summed E-state index contributed by atoms with van der Waals surface area (Å²) in [6.45, 7) is 1.19. The highest BCUT2D eigenvalue weighted by atomic mass is 35.5. The molecule has 0 unspecified atom stereocenters. The second kappa shape index (κ2) is 12.1. The molecule has 0 spiro atoms. The number of methoxy groups -OCH3 is 3. The third-order valence-electron chi connectivity index (χ3n) is 5.43. The first-order valence-corrected chi connectivity index (χ1v) is 12.9. The molecule has 0 aliphatic carbocycles. The van der Waals surface area contributed by atoms with Crippen LogP contribution < -0.4 is 14.8 Å². The highest BCUT2D eigenvalue weighted by molar-refractivity contribution is 7.89. The van der Waals surface area contributed by atoms with Crippen molar-refractivity contribution in [1.29, 1.82) is 0 Å². The molecular formula is C26H27ClN2O7S. The number of hydrogen-bond donors (Lipinski definition) is 1. The Bertz CT molecular complexity index is 1390. The van der Waals surface area contributed by atoms with Crippen molar-refractivity contribution >= 4 is 39.2 Å². The maximum atomic E-state index is 13.5. The molecule has 11 heteroatoms. The Morgan fingerprint density at radius 2 is 1.59 bits per heavy atom. The maximum Gasteiger partial charge on any atom is 0.340 e. The van der Waals surface area contributed by atoms with Gasteiger partial charge in [-0.05, 0) is 36.8 Å². The summed E-state index contributed by atoms with van der Waals surface area (Å²) in [7, 11) is -0.0693. The van der Waals surface area contributed by atoms with Gasteiger partial charge in [-0.3, -0.25) is 4.79 Å². The molecule has 3 aromatic rings. The highest BCUT2D eigenvalue weighted by Gasteiger charge is 2.28. The van der Waals surface area contributed by atoms with Crippen LogP contribution in [0.3, 0.4) is 0 Å². The summed E-state index contributed by atoms with van der Waals surface area (Å²) in [6.07, 6.45) is 0. The third kappa shape index (κ3) is 6.79. The Balaban J connectivity index is 1.97. The number of nitrogens with one attached hydrogen (secondary N) is 1. The molecule has 1 amide bonds. The molecule has 0 saturated heterocycles. The number of hydrogen-bond acceptors (Lipinski definition) is 7. The average molecular weight is 547 g/mol. The second-order valence-corrected chi connectivity index (χ2v) is 10.4. The van der Waals surface area contributed by atoms with E-state index in [0.29, 0.717) is 10.6 Å². The van der Waals surface area contributed by atoms with Crippen molar-refractivity contribution in [3.8, 4) is 11.5 Å². The zero-order valence-corrected chi connectivity index (χ0v) is 22.4. The first-order chi connectivity index (χ1) is 17.6. The molecule has 0 aliphatic rings. The number of benzene rings is 3. The number of carbonyl (C=O) groups excluding carboxylic acids is 2. The van der Waals surface area contributed by atoms with Gasteiger partial charge in [0.2, 0.25) is 15.9 Å². The lowest BCUT2D eigenvalue weighted by molar-refractivity contribution is -0.116. The second-order valence-electron chi connectivity index (χ2n) is 8.01. The molecule has 0 radical (unpaired) electrons. The van der Waals surface area contributed by atoms with Crippen LogP contribution in [0.1, 0.15) is 21.5 Å².